The molecule has 5 rings (SSSR count). The van der Waals surface area contributed by atoms with Gasteiger partial charge in [0, 0.05) is 5.56 Å². The Hall–Kier alpha value is -3.72. The molecule has 0 aliphatic heterocycles. The summed E-state index contributed by atoms with van der Waals surface area (Å²) in [6.45, 7) is 0. The van der Waals surface area contributed by atoms with Crippen LogP contribution >= 0.6 is 0 Å². The van der Waals surface area contributed by atoms with Gasteiger partial charge in [0.05, 0.1) is 24.6 Å². The van der Waals surface area contributed by atoms with Crippen molar-refractivity contribution in [3.63, 3.8) is 0 Å². The van der Waals surface area contributed by atoms with E-state index in [1.54, 1.807) is 18.2 Å². The van der Waals surface area contributed by atoms with Gasteiger partial charge < -0.3 is 20.3 Å². The molecule has 3 N–H and O–H groups in total. The maximum atomic E-state index is 14.4. The average molecular weight is 449 g/mol. The van der Waals surface area contributed by atoms with E-state index in [1.165, 1.54) is 25.6 Å². The summed E-state index contributed by atoms with van der Waals surface area (Å²) in [6.07, 6.45) is 4.34. The fourth-order valence-corrected chi connectivity index (χ4v) is 4.35. The lowest BCUT2D eigenvalue weighted by molar-refractivity contribution is 0.101. The highest BCUT2D eigenvalue weighted by Gasteiger charge is 2.26. The van der Waals surface area contributed by atoms with Crippen LogP contribution in [0.5, 0.6) is 17.2 Å². The van der Waals surface area contributed by atoms with E-state index < -0.39 is 5.82 Å². The first kappa shape index (κ1) is 21.1. The van der Waals surface area contributed by atoms with Crippen LogP contribution in [0.1, 0.15) is 31.7 Å². The molecule has 8 nitrogen and oxygen atoms in total. The van der Waals surface area contributed by atoms with Crippen molar-refractivity contribution < 1.29 is 19.0 Å². The second-order valence-corrected chi connectivity index (χ2v) is 8.12. The zero-order chi connectivity index (χ0) is 22.9. The van der Waals surface area contributed by atoms with Crippen molar-refractivity contribution in [1.29, 1.82) is 0 Å². The molecule has 2 atom stereocenters. The summed E-state index contributed by atoms with van der Waals surface area (Å²) in [5, 5.41) is 15.7. The summed E-state index contributed by atoms with van der Waals surface area (Å²) in [5.41, 5.74) is 8.31. The third-order valence-corrected chi connectivity index (χ3v) is 5.99. The van der Waals surface area contributed by atoms with Crippen LogP contribution in [-0.2, 0) is 0 Å². The van der Waals surface area contributed by atoms with Crippen LogP contribution in [0.2, 0.25) is 0 Å². The lowest BCUT2D eigenvalue weighted by Gasteiger charge is -2.26. The molecule has 2 heterocycles. The number of nitrogens with zero attached hydrogens (tertiary/aromatic N) is 4. The molecule has 1 fully saturated rings. The molecule has 1 aliphatic carbocycles. The molecule has 2 aromatic heterocycles. The minimum absolute atomic E-state index is 0.0398. The normalized spacial score (nSPS) is 18.4. The summed E-state index contributed by atoms with van der Waals surface area (Å²) in [5.74, 6) is 0.439. The summed E-state index contributed by atoms with van der Waals surface area (Å²) >= 11 is 0. The number of aliphatic hydroxyl groups is 1. The van der Waals surface area contributed by atoms with E-state index in [2.05, 4.69) is 9.97 Å². The molecule has 0 bridgehead atoms. The molecule has 1 unspecified atom stereocenters. The van der Waals surface area contributed by atoms with Gasteiger partial charge in [-0.3, -0.25) is 0 Å². The Morgan fingerprint density at radius 1 is 1.09 bits per heavy atom. The van der Waals surface area contributed by atoms with Crippen LogP contribution in [0.25, 0.3) is 22.3 Å². The number of fused-ring (bicyclic) bond motifs is 1. The fourth-order valence-electron chi connectivity index (χ4n) is 4.35. The van der Waals surface area contributed by atoms with E-state index in [9.17, 15) is 9.50 Å². The van der Waals surface area contributed by atoms with Gasteiger partial charge in [0.25, 0.3) is 0 Å². The van der Waals surface area contributed by atoms with Crippen molar-refractivity contribution in [1.82, 2.24) is 19.7 Å². The van der Waals surface area contributed by atoms with Gasteiger partial charge in [0.2, 0.25) is 5.82 Å². The number of hydrogen-bond donors (Lipinski definition) is 2. The van der Waals surface area contributed by atoms with Crippen molar-refractivity contribution >= 4 is 16.9 Å². The Morgan fingerprint density at radius 2 is 1.88 bits per heavy atom. The van der Waals surface area contributed by atoms with Crippen molar-refractivity contribution in [3.05, 3.63) is 54.6 Å². The van der Waals surface area contributed by atoms with Crippen LogP contribution in [0, 0.1) is 5.82 Å². The second-order valence-electron chi connectivity index (χ2n) is 8.12. The Bertz CT molecular complexity index is 1290. The number of anilines is 1. The number of nitrogen functional groups attached to an aromatic ring is 1. The molecule has 0 spiro atoms. The summed E-state index contributed by atoms with van der Waals surface area (Å²) in [7, 11) is 1.41. The van der Waals surface area contributed by atoms with Crippen LogP contribution in [-0.4, -0.2) is 38.1 Å². The Kier molecular flexibility index (Phi) is 5.55. The fraction of sp³-hybridized carbons (Fsp3) is 0.292. The number of nitrogens with two attached hydrogens (primary N) is 1. The average Bonchev–Trinajstić information content (AvgIpc) is 3.22. The van der Waals surface area contributed by atoms with Gasteiger partial charge in [-0.15, -0.1) is 0 Å². The van der Waals surface area contributed by atoms with Crippen LogP contribution < -0.4 is 15.2 Å². The number of aromatic nitrogens is 4. The van der Waals surface area contributed by atoms with Crippen molar-refractivity contribution in [2.75, 3.05) is 12.8 Å². The van der Waals surface area contributed by atoms with E-state index in [1.807, 2.05) is 16.8 Å². The third-order valence-electron chi connectivity index (χ3n) is 5.99. The minimum Gasteiger partial charge on any atom is -0.494 e. The SMILES string of the molecule is COc1cccc(Oc2ccc(-c3nn(C4CCC[C@@H](O)C4)c4ncnc(N)c34)cc2)c1F. The molecular formula is C24H24FN5O3. The smallest absolute Gasteiger partial charge is 0.207 e. The molecular weight excluding hydrogens is 425 g/mol. The maximum absolute atomic E-state index is 14.4. The molecule has 1 saturated carbocycles. The lowest BCUT2D eigenvalue weighted by atomic mass is 9.93. The van der Waals surface area contributed by atoms with Gasteiger partial charge in [0.1, 0.15) is 23.6 Å². The summed E-state index contributed by atoms with van der Waals surface area (Å²) in [6, 6.07) is 11.9. The van der Waals surface area contributed by atoms with E-state index in [0.717, 1.165) is 24.8 Å². The van der Waals surface area contributed by atoms with Gasteiger partial charge >= 0.3 is 0 Å². The molecule has 9 heteroatoms. The Morgan fingerprint density at radius 3 is 2.64 bits per heavy atom. The zero-order valence-electron chi connectivity index (χ0n) is 18.1. The van der Waals surface area contributed by atoms with E-state index in [0.29, 0.717) is 34.7 Å². The highest BCUT2D eigenvalue weighted by Crippen LogP contribution is 2.37. The molecule has 4 aromatic rings. The van der Waals surface area contributed by atoms with Gasteiger partial charge in [-0.05, 0) is 62.1 Å². The molecule has 2 aromatic carbocycles. The molecule has 0 amide bonds. The maximum Gasteiger partial charge on any atom is 0.207 e. The summed E-state index contributed by atoms with van der Waals surface area (Å²) < 4.78 is 27.0. The number of aliphatic hydroxyl groups excluding tert-OH is 1. The second kappa shape index (κ2) is 8.67. The molecule has 33 heavy (non-hydrogen) atoms. The minimum atomic E-state index is -0.562. The standard InChI is InChI=1S/C24H24FN5O3/c1-32-18-6-3-7-19(21(18)25)33-17-10-8-14(9-11-17)22-20-23(26)27-13-28-24(20)30(29-22)15-4-2-5-16(31)12-15/h3,6-11,13,15-16,31H,2,4-5,12H2,1H3,(H2,26,27,28)/t15?,16-/m1/s1. The number of halogens is 1. The van der Waals surface area contributed by atoms with E-state index >= 15 is 0 Å². The topological polar surface area (TPSA) is 108 Å². The van der Waals surface area contributed by atoms with Gasteiger partial charge in [-0.1, -0.05) is 6.07 Å². The number of ether oxygens (including phenoxy) is 2. The van der Waals surface area contributed by atoms with Crippen molar-refractivity contribution in [2.45, 2.75) is 37.8 Å². The number of rotatable bonds is 5. The molecule has 0 saturated heterocycles. The predicted octanol–water partition coefficient (Wildman–Crippen LogP) is 4.49. The highest BCUT2D eigenvalue weighted by atomic mass is 19.1. The first-order valence-electron chi connectivity index (χ1n) is 10.8. The lowest BCUT2D eigenvalue weighted by Crippen LogP contribution is -2.23. The number of hydrogen-bond acceptors (Lipinski definition) is 7. The largest absolute Gasteiger partial charge is 0.494 e. The van der Waals surface area contributed by atoms with E-state index in [-0.39, 0.29) is 23.6 Å². The van der Waals surface area contributed by atoms with Gasteiger partial charge in [0.15, 0.2) is 17.1 Å². The van der Waals surface area contributed by atoms with E-state index in [4.69, 9.17) is 20.3 Å². The summed E-state index contributed by atoms with van der Waals surface area (Å²) in [4.78, 5) is 8.59. The molecule has 1 aliphatic rings. The van der Waals surface area contributed by atoms with Crippen LogP contribution in [0.4, 0.5) is 10.2 Å². The Balaban J connectivity index is 1.49. The van der Waals surface area contributed by atoms with Crippen LogP contribution in [0.15, 0.2) is 48.8 Å². The molecule has 0 radical (unpaired) electrons. The van der Waals surface area contributed by atoms with Crippen molar-refractivity contribution in [3.8, 4) is 28.5 Å². The van der Waals surface area contributed by atoms with Crippen molar-refractivity contribution in [2.24, 2.45) is 0 Å². The monoisotopic (exact) mass is 449 g/mol. The van der Waals surface area contributed by atoms with Gasteiger partial charge in [-0.2, -0.15) is 9.49 Å². The predicted molar refractivity (Wildman–Crippen MR) is 122 cm³/mol. The number of benzene rings is 2. The zero-order valence-corrected chi connectivity index (χ0v) is 18.1. The third kappa shape index (κ3) is 3.95. The number of methoxy groups -OCH3 is 1. The molecule has 170 valence electrons. The quantitative estimate of drug-likeness (QED) is 0.462. The highest BCUT2D eigenvalue weighted by molar-refractivity contribution is 5.98. The first-order chi connectivity index (χ1) is 16.0. The first-order valence-corrected chi connectivity index (χ1v) is 10.8. The Labute approximate surface area is 189 Å². The van der Waals surface area contributed by atoms with Crippen LogP contribution in [0.3, 0.4) is 0 Å². The van der Waals surface area contributed by atoms with Gasteiger partial charge in [-0.25, -0.2) is 14.6 Å².